The fourth-order valence-electron chi connectivity index (χ4n) is 1.09. The van der Waals surface area contributed by atoms with Crippen LogP contribution in [0.15, 0.2) is 0 Å². The highest BCUT2D eigenvalue weighted by atomic mass is 16.8. The average Bonchev–Trinajstić information content (AvgIpc) is 2.50. The molecular formula is C10H12O5. The zero-order valence-corrected chi connectivity index (χ0v) is 8.83. The van der Waals surface area contributed by atoms with E-state index in [2.05, 4.69) is 21.3 Å². The molecule has 15 heavy (non-hydrogen) atoms. The summed E-state index contributed by atoms with van der Waals surface area (Å²) in [7, 11) is 0. The molecule has 1 heterocycles. The molecule has 0 spiro atoms. The molecule has 1 unspecified atom stereocenters. The van der Waals surface area contributed by atoms with E-state index >= 15 is 0 Å². The molecule has 5 heteroatoms. The predicted octanol–water partition coefficient (Wildman–Crippen LogP) is 0.867. The molecule has 1 aliphatic heterocycles. The van der Waals surface area contributed by atoms with E-state index in [1.807, 2.05) is 0 Å². The molecule has 1 saturated heterocycles. The van der Waals surface area contributed by atoms with Crippen molar-refractivity contribution in [1.29, 1.82) is 0 Å². The van der Waals surface area contributed by atoms with Crippen LogP contribution in [0.2, 0.25) is 0 Å². The summed E-state index contributed by atoms with van der Waals surface area (Å²) in [6.45, 7) is 4.85. The number of hydrogen-bond acceptors (Lipinski definition) is 5. The minimum Gasteiger partial charge on any atom is -0.444 e. The summed E-state index contributed by atoms with van der Waals surface area (Å²) in [6, 6.07) is 0. The third-order valence-corrected chi connectivity index (χ3v) is 1.64. The Labute approximate surface area is 87.7 Å². The Bertz CT molecular complexity index is 333. The summed E-state index contributed by atoms with van der Waals surface area (Å²) in [6.07, 6.45) is -1.83. The molecule has 1 aliphatic rings. The monoisotopic (exact) mass is 212 g/mol. The van der Waals surface area contributed by atoms with Gasteiger partial charge in [0.05, 0.1) is 0 Å². The van der Waals surface area contributed by atoms with E-state index in [1.54, 1.807) is 20.8 Å². The second kappa shape index (κ2) is 4.22. The van der Waals surface area contributed by atoms with Crippen molar-refractivity contribution < 1.29 is 23.8 Å². The van der Waals surface area contributed by atoms with Crippen LogP contribution in [-0.4, -0.2) is 30.4 Å². The molecule has 82 valence electrons. The van der Waals surface area contributed by atoms with Crippen molar-refractivity contribution in [3.63, 3.8) is 0 Å². The molecule has 0 saturated carbocycles. The van der Waals surface area contributed by atoms with Gasteiger partial charge in [-0.1, -0.05) is 5.92 Å². The Morgan fingerprint density at radius 3 is 2.73 bits per heavy atom. The molecule has 5 nitrogen and oxygen atoms in total. The maximum absolute atomic E-state index is 11.4. The number of esters is 1. The van der Waals surface area contributed by atoms with Gasteiger partial charge in [0.1, 0.15) is 6.61 Å². The van der Waals surface area contributed by atoms with Crippen LogP contribution in [0.1, 0.15) is 20.8 Å². The number of rotatable bonds is 2. The Morgan fingerprint density at radius 1 is 1.60 bits per heavy atom. The van der Waals surface area contributed by atoms with Crippen LogP contribution in [0.25, 0.3) is 0 Å². The van der Waals surface area contributed by atoms with E-state index in [9.17, 15) is 9.59 Å². The van der Waals surface area contributed by atoms with Gasteiger partial charge >= 0.3 is 12.1 Å². The molecule has 0 aromatic heterocycles. The van der Waals surface area contributed by atoms with Gasteiger partial charge in [0.15, 0.2) is 5.60 Å². The first-order valence-electron chi connectivity index (χ1n) is 4.45. The highest BCUT2D eigenvalue weighted by molar-refractivity contribution is 5.80. The highest BCUT2D eigenvalue weighted by Crippen LogP contribution is 2.13. The number of cyclic esters (lactones) is 2. The van der Waals surface area contributed by atoms with Crippen LogP contribution in [0, 0.1) is 11.8 Å². The van der Waals surface area contributed by atoms with Gasteiger partial charge in [0.2, 0.25) is 6.10 Å². The number of ether oxygens (including phenoxy) is 3. The topological polar surface area (TPSA) is 61.8 Å². The van der Waals surface area contributed by atoms with Crippen molar-refractivity contribution in [2.45, 2.75) is 32.5 Å². The number of carbonyl (C=O) groups excluding carboxylic acids is 2. The van der Waals surface area contributed by atoms with Gasteiger partial charge in [-0.25, -0.2) is 9.59 Å². The quantitative estimate of drug-likeness (QED) is 0.502. The normalized spacial score (nSPS) is 19.7. The first-order valence-corrected chi connectivity index (χ1v) is 4.45. The van der Waals surface area contributed by atoms with E-state index in [0.29, 0.717) is 0 Å². The average molecular weight is 212 g/mol. The molecular weight excluding hydrogens is 200 g/mol. The molecule has 0 radical (unpaired) electrons. The van der Waals surface area contributed by atoms with Crippen molar-refractivity contribution >= 4 is 12.1 Å². The summed E-state index contributed by atoms with van der Waals surface area (Å²) in [5, 5.41) is 0. The van der Waals surface area contributed by atoms with Crippen LogP contribution >= 0.6 is 0 Å². The second-order valence-electron chi connectivity index (χ2n) is 3.47. The maximum atomic E-state index is 11.4. The third kappa shape index (κ3) is 3.17. The first kappa shape index (κ1) is 11.4. The van der Waals surface area contributed by atoms with Gasteiger partial charge in [-0.15, -0.1) is 5.92 Å². The Morgan fingerprint density at radius 2 is 2.27 bits per heavy atom. The molecule has 1 rings (SSSR count). The zero-order chi connectivity index (χ0) is 11.5. The van der Waals surface area contributed by atoms with Crippen molar-refractivity contribution in [2.75, 3.05) is 6.61 Å². The van der Waals surface area contributed by atoms with Crippen LogP contribution in [-0.2, 0) is 19.0 Å². The molecule has 0 aromatic carbocycles. The molecule has 0 aromatic rings. The summed E-state index contributed by atoms with van der Waals surface area (Å²) in [5.74, 6) is 4.71. The Hall–Kier alpha value is -1.70. The van der Waals surface area contributed by atoms with Crippen molar-refractivity contribution in [2.24, 2.45) is 0 Å². The van der Waals surface area contributed by atoms with Crippen LogP contribution in [0.3, 0.4) is 0 Å². The standard InChI is InChI=1S/C10H12O5/c1-4-5-10(2,3)15-8(11)7-6-13-9(12)14-7/h7H,6H2,1-3H3. The van der Waals surface area contributed by atoms with Crippen molar-refractivity contribution in [3.8, 4) is 11.8 Å². The van der Waals surface area contributed by atoms with E-state index in [0.717, 1.165) is 0 Å². The maximum Gasteiger partial charge on any atom is 0.509 e. The van der Waals surface area contributed by atoms with Crippen molar-refractivity contribution in [1.82, 2.24) is 0 Å². The summed E-state index contributed by atoms with van der Waals surface area (Å²) < 4.78 is 14.1. The molecule has 1 atom stereocenters. The lowest BCUT2D eigenvalue weighted by Crippen LogP contribution is -2.34. The van der Waals surface area contributed by atoms with Gasteiger partial charge in [0, 0.05) is 0 Å². The fourth-order valence-corrected chi connectivity index (χ4v) is 1.09. The Kier molecular flexibility index (Phi) is 3.20. The summed E-state index contributed by atoms with van der Waals surface area (Å²) in [5.41, 5.74) is -0.888. The van der Waals surface area contributed by atoms with Gasteiger partial charge in [-0.2, -0.15) is 0 Å². The first-order chi connectivity index (χ1) is 6.94. The minimum atomic E-state index is -0.976. The third-order valence-electron chi connectivity index (χ3n) is 1.64. The molecule has 0 N–H and O–H groups in total. The number of carbonyl (C=O) groups is 2. The van der Waals surface area contributed by atoms with Gasteiger partial charge in [-0.3, -0.25) is 0 Å². The van der Waals surface area contributed by atoms with E-state index in [4.69, 9.17) is 4.74 Å². The minimum absolute atomic E-state index is 0.104. The van der Waals surface area contributed by atoms with E-state index in [-0.39, 0.29) is 6.61 Å². The summed E-state index contributed by atoms with van der Waals surface area (Å²) in [4.78, 5) is 22.0. The van der Waals surface area contributed by atoms with Crippen LogP contribution in [0.4, 0.5) is 4.79 Å². The highest BCUT2D eigenvalue weighted by Gasteiger charge is 2.35. The van der Waals surface area contributed by atoms with Crippen molar-refractivity contribution in [3.05, 3.63) is 0 Å². The number of hydrogen-bond donors (Lipinski definition) is 0. The van der Waals surface area contributed by atoms with Gasteiger partial charge in [0.25, 0.3) is 0 Å². The lowest BCUT2D eigenvalue weighted by molar-refractivity contribution is -0.160. The fraction of sp³-hybridized carbons (Fsp3) is 0.600. The molecule has 1 fully saturated rings. The van der Waals surface area contributed by atoms with E-state index < -0.39 is 23.8 Å². The summed E-state index contributed by atoms with van der Waals surface area (Å²) >= 11 is 0. The Balaban J connectivity index is 2.54. The molecule has 0 aliphatic carbocycles. The predicted molar refractivity (Wildman–Crippen MR) is 49.8 cm³/mol. The smallest absolute Gasteiger partial charge is 0.444 e. The lowest BCUT2D eigenvalue weighted by atomic mass is 10.1. The molecule has 0 amide bonds. The van der Waals surface area contributed by atoms with Crippen LogP contribution < -0.4 is 0 Å². The zero-order valence-electron chi connectivity index (χ0n) is 8.83. The SMILES string of the molecule is CC#CC(C)(C)OC(=O)C1COC(=O)O1. The largest absolute Gasteiger partial charge is 0.509 e. The van der Waals surface area contributed by atoms with Gasteiger partial charge < -0.3 is 14.2 Å². The second-order valence-corrected chi connectivity index (χ2v) is 3.47. The molecule has 0 bridgehead atoms. The van der Waals surface area contributed by atoms with E-state index in [1.165, 1.54) is 0 Å². The van der Waals surface area contributed by atoms with Crippen LogP contribution in [0.5, 0.6) is 0 Å². The lowest BCUT2D eigenvalue weighted by Gasteiger charge is -2.19. The van der Waals surface area contributed by atoms with Gasteiger partial charge in [-0.05, 0) is 20.8 Å².